The van der Waals surface area contributed by atoms with E-state index in [9.17, 15) is 0 Å². The highest BCUT2D eigenvalue weighted by atomic mass is 16.5. The van der Waals surface area contributed by atoms with E-state index >= 15 is 0 Å². The smallest absolute Gasteiger partial charge is 0.0727 e. The molecular weight excluding hydrogens is 202 g/mol. The van der Waals surface area contributed by atoms with Crippen molar-refractivity contribution >= 4 is 0 Å². The predicted molar refractivity (Wildman–Crippen MR) is 65.5 cm³/mol. The summed E-state index contributed by atoms with van der Waals surface area (Å²) < 4.78 is 7.52. The summed E-state index contributed by atoms with van der Waals surface area (Å²) in [5, 5.41) is 7.72. The van der Waals surface area contributed by atoms with Crippen LogP contribution in [0.25, 0.3) is 0 Å². The molecule has 1 unspecified atom stereocenters. The molecule has 16 heavy (non-hydrogen) atoms. The first-order valence-electron chi connectivity index (χ1n) is 6.00. The van der Waals surface area contributed by atoms with Crippen LogP contribution in [0.3, 0.4) is 0 Å². The van der Waals surface area contributed by atoms with Crippen molar-refractivity contribution in [3.8, 4) is 0 Å². The molecule has 0 aliphatic heterocycles. The maximum Gasteiger partial charge on any atom is 0.0727 e. The number of likely N-dealkylation sites (N-methyl/N-ethyl adjacent to an activating group) is 1. The van der Waals surface area contributed by atoms with Gasteiger partial charge in [-0.05, 0) is 26.0 Å². The van der Waals surface area contributed by atoms with E-state index in [1.807, 2.05) is 18.8 Å². The maximum atomic E-state index is 5.58. The van der Waals surface area contributed by atoms with Crippen molar-refractivity contribution in [3.05, 3.63) is 17.5 Å². The fourth-order valence-electron chi connectivity index (χ4n) is 1.70. The Morgan fingerprint density at radius 1 is 1.50 bits per heavy atom. The van der Waals surface area contributed by atoms with Gasteiger partial charge in [-0.1, -0.05) is 13.8 Å². The number of nitrogens with zero attached hydrogens (tertiary/aromatic N) is 2. The minimum Gasteiger partial charge on any atom is -0.379 e. The number of nitrogens with one attached hydrogen (secondary N) is 1. The van der Waals surface area contributed by atoms with E-state index in [4.69, 9.17) is 4.74 Å². The van der Waals surface area contributed by atoms with Crippen molar-refractivity contribution in [2.75, 3.05) is 20.3 Å². The van der Waals surface area contributed by atoms with E-state index in [0.29, 0.717) is 6.61 Å². The lowest BCUT2D eigenvalue weighted by molar-refractivity contribution is 0.112. The molecule has 1 atom stereocenters. The standard InChI is InChI=1S/C12H23N3O/c1-5-7-16-9-11(13-3)12-8-10(6-2)14-15(12)4/h8,11,13H,5-7,9H2,1-4H3. The average molecular weight is 225 g/mol. The van der Waals surface area contributed by atoms with Gasteiger partial charge in [-0.15, -0.1) is 0 Å². The van der Waals surface area contributed by atoms with Gasteiger partial charge >= 0.3 is 0 Å². The van der Waals surface area contributed by atoms with Crippen LogP contribution in [0.2, 0.25) is 0 Å². The highest BCUT2D eigenvalue weighted by molar-refractivity contribution is 5.14. The molecule has 1 aromatic heterocycles. The minimum absolute atomic E-state index is 0.226. The quantitative estimate of drug-likeness (QED) is 0.717. The average Bonchev–Trinajstić information content (AvgIpc) is 2.66. The zero-order chi connectivity index (χ0) is 12.0. The second-order valence-electron chi connectivity index (χ2n) is 3.95. The zero-order valence-corrected chi connectivity index (χ0v) is 10.8. The SMILES string of the molecule is CCCOCC(NC)c1cc(CC)nn1C. The lowest BCUT2D eigenvalue weighted by Crippen LogP contribution is -2.24. The van der Waals surface area contributed by atoms with E-state index < -0.39 is 0 Å². The summed E-state index contributed by atoms with van der Waals surface area (Å²) in [5.74, 6) is 0. The van der Waals surface area contributed by atoms with E-state index in [2.05, 4.69) is 30.3 Å². The predicted octanol–water partition coefficient (Wildman–Crippen LogP) is 1.67. The molecule has 0 aliphatic carbocycles. The summed E-state index contributed by atoms with van der Waals surface area (Å²) in [6.07, 6.45) is 2.03. The molecule has 1 heterocycles. The second-order valence-corrected chi connectivity index (χ2v) is 3.95. The third kappa shape index (κ3) is 3.32. The van der Waals surface area contributed by atoms with Gasteiger partial charge in [0.2, 0.25) is 0 Å². The molecule has 0 radical (unpaired) electrons. The summed E-state index contributed by atoms with van der Waals surface area (Å²) in [4.78, 5) is 0. The van der Waals surface area contributed by atoms with E-state index in [1.54, 1.807) is 0 Å². The number of aryl methyl sites for hydroxylation is 2. The first-order valence-corrected chi connectivity index (χ1v) is 6.00. The topological polar surface area (TPSA) is 39.1 Å². The van der Waals surface area contributed by atoms with Gasteiger partial charge in [-0.2, -0.15) is 5.10 Å². The Balaban J connectivity index is 2.66. The Morgan fingerprint density at radius 3 is 2.75 bits per heavy atom. The van der Waals surface area contributed by atoms with Crippen molar-refractivity contribution in [2.45, 2.75) is 32.7 Å². The highest BCUT2D eigenvalue weighted by Crippen LogP contribution is 2.14. The summed E-state index contributed by atoms with van der Waals surface area (Å²) >= 11 is 0. The molecule has 0 amide bonds. The summed E-state index contributed by atoms with van der Waals surface area (Å²) in [6, 6.07) is 2.38. The third-order valence-corrected chi connectivity index (χ3v) is 2.67. The maximum absolute atomic E-state index is 5.58. The molecule has 0 aliphatic rings. The molecule has 92 valence electrons. The number of hydrogen-bond donors (Lipinski definition) is 1. The minimum atomic E-state index is 0.226. The molecule has 0 bridgehead atoms. The van der Waals surface area contributed by atoms with Crippen LogP contribution in [0.1, 0.15) is 37.7 Å². The monoisotopic (exact) mass is 225 g/mol. The largest absolute Gasteiger partial charge is 0.379 e. The molecule has 0 fully saturated rings. The second kappa shape index (κ2) is 6.66. The van der Waals surface area contributed by atoms with Crippen LogP contribution in [0.5, 0.6) is 0 Å². The molecule has 1 rings (SSSR count). The van der Waals surface area contributed by atoms with Gasteiger partial charge in [0, 0.05) is 13.7 Å². The number of rotatable bonds is 7. The molecule has 0 aromatic carbocycles. The molecule has 0 spiro atoms. The Labute approximate surface area is 98.0 Å². The Kier molecular flexibility index (Phi) is 5.49. The van der Waals surface area contributed by atoms with Crippen molar-refractivity contribution in [2.24, 2.45) is 7.05 Å². The van der Waals surface area contributed by atoms with Gasteiger partial charge in [-0.3, -0.25) is 4.68 Å². The van der Waals surface area contributed by atoms with Crippen molar-refractivity contribution in [1.82, 2.24) is 15.1 Å². The van der Waals surface area contributed by atoms with Crippen LogP contribution < -0.4 is 5.32 Å². The van der Waals surface area contributed by atoms with E-state index in [0.717, 1.165) is 25.1 Å². The highest BCUT2D eigenvalue weighted by Gasteiger charge is 2.14. The van der Waals surface area contributed by atoms with Crippen LogP contribution in [0, 0.1) is 0 Å². The Morgan fingerprint density at radius 2 is 2.25 bits per heavy atom. The number of hydrogen-bond acceptors (Lipinski definition) is 3. The summed E-state index contributed by atoms with van der Waals surface area (Å²) in [5.41, 5.74) is 2.32. The van der Waals surface area contributed by atoms with Crippen LogP contribution in [-0.2, 0) is 18.2 Å². The molecule has 0 saturated heterocycles. The van der Waals surface area contributed by atoms with Gasteiger partial charge in [0.25, 0.3) is 0 Å². The first-order chi connectivity index (χ1) is 7.72. The Bertz CT molecular complexity index is 309. The van der Waals surface area contributed by atoms with Gasteiger partial charge < -0.3 is 10.1 Å². The van der Waals surface area contributed by atoms with Crippen LogP contribution in [0.15, 0.2) is 6.07 Å². The zero-order valence-electron chi connectivity index (χ0n) is 10.8. The van der Waals surface area contributed by atoms with Gasteiger partial charge in [0.1, 0.15) is 0 Å². The number of ether oxygens (including phenoxy) is 1. The first kappa shape index (κ1) is 13.2. The van der Waals surface area contributed by atoms with Crippen molar-refractivity contribution in [1.29, 1.82) is 0 Å². The summed E-state index contributed by atoms with van der Waals surface area (Å²) in [6.45, 7) is 5.76. The molecular formula is C12H23N3O. The third-order valence-electron chi connectivity index (χ3n) is 2.67. The summed E-state index contributed by atoms with van der Waals surface area (Å²) in [7, 11) is 3.94. The lowest BCUT2D eigenvalue weighted by atomic mass is 10.2. The van der Waals surface area contributed by atoms with E-state index in [-0.39, 0.29) is 6.04 Å². The van der Waals surface area contributed by atoms with Crippen LogP contribution in [0.4, 0.5) is 0 Å². The van der Waals surface area contributed by atoms with Gasteiger partial charge in [-0.25, -0.2) is 0 Å². The molecule has 4 nitrogen and oxygen atoms in total. The van der Waals surface area contributed by atoms with Crippen LogP contribution >= 0.6 is 0 Å². The van der Waals surface area contributed by atoms with Crippen molar-refractivity contribution in [3.63, 3.8) is 0 Å². The fraction of sp³-hybridized carbons (Fsp3) is 0.750. The normalized spacial score (nSPS) is 13.0. The molecule has 4 heteroatoms. The van der Waals surface area contributed by atoms with Gasteiger partial charge in [0.05, 0.1) is 24.0 Å². The molecule has 0 saturated carbocycles. The Hall–Kier alpha value is -0.870. The van der Waals surface area contributed by atoms with E-state index in [1.165, 1.54) is 5.69 Å². The molecule has 1 N–H and O–H groups in total. The fourth-order valence-corrected chi connectivity index (χ4v) is 1.70. The lowest BCUT2D eigenvalue weighted by Gasteiger charge is -2.16. The van der Waals surface area contributed by atoms with Crippen LogP contribution in [-0.4, -0.2) is 30.0 Å². The number of aromatic nitrogens is 2. The van der Waals surface area contributed by atoms with Gasteiger partial charge in [0.15, 0.2) is 0 Å². The van der Waals surface area contributed by atoms with Crippen molar-refractivity contribution < 1.29 is 4.74 Å². The molecule has 1 aromatic rings.